The number of benzene rings is 1. The number of nitrogens with one attached hydrogen (secondary N) is 2. The lowest BCUT2D eigenvalue weighted by molar-refractivity contribution is -0.139. The SMILES string of the molecule is NNC(=O)C(=O)NCCN1CCC(Oc2ccc(Cl)c(Cl)c2)CC1. The third-order valence-corrected chi connectivity index (χ3v) is 4.52. The molecule has 0 aromatic heterocycles. The Hall–Kier alpha value is -1.54. The lowest BCUT2D eigenvalue weighted by Crippen LogP contribution is -2.46. The summed E-state index contributed by atoms with van der Waals surface area (Å²) in [7, 11) is 0. The summed E-state index contributed by atoms with van der Waals surface area (Å²) >= 11 is 11.9. The second kappa shape index (κ2) is 9.08. The van der Waals surface area contributed by atoms with E-state index in [0.717, 1.165) is 25.9 Å². The van der Waals surface area contributed by atoms with Crippen LogP contribution in [0.25, 0.3) is 0 Å². The Kier molecular flexibility index (Phi) is 7.11. The summed E-state index contributed by atoms with van der Waals surface area (Å²) in [5.41, 5.74) is 1.79. The molecule has 0 bridgehead atoms. The smallest absolute Gasteiger partial charge is 0.323 e. The van der Waals surface area contributed by atoms with Crippen LogP contribution in [0.1, 0.15) is 12.8 Å². The molecule has 0 unspecified atom stereocenters. The number of carbonyl (C=O) groups excluding carboxylic acids is 2. The summed E-state index contributed by atoms with van der Waals surface area (Å²) in [6.07, 6.45) is 1.87. The fourth-order valence-electron chi connectivity index (χ4n) is 2.47. The molecule has 7 nitrogen and oxygen atoms in total. The quantitative estimate of drug-likeness (QED) is 0.308. The molecule has 0 atom stereocenters. The van der Waals surface area contributed by atoms with Gasteiger partial charge in [-0.2, -0.15) is 0 Å². The van der Waals surface area contributed by atoms with Crippen LogP contribution < -0.4 is 21.3 Å². The maximum absolute atomic E-state index is 11.3. The third kappa shape index (κ3) is 5.52. The van der Waals surface area contributed by atoms with Crippen LogP contribution in [0.5, 0.6) is 5.75 Å². The molecule has 1 heterocycles. The molecule has 0 spiro atoms. The molecule has 0 saturated carbocycles. The van der Waals surface area contributed by atoms with Gasteiger partial charge in [0.1, 0.15) is 11.9 Å². The topological polar surface area (TPSA) is 96.7 Å². The molecule has 1 aromatic carbocycles. The molecule has 2 amide bonds. The molecule has 2 rings (SSSR count). The molecule has 1 aromatic rings. The van der Waals surface area contributed by atoms with Crippen LogP contribution >= 0.6 is 23.2 Å². The zero-order valence-corrected chi connectivity index (χ0v) is 14.6. The van der Waals surface area contributed by atoms with Gasteiger partial charge < -0.3 is 15.0 Å². The predicted octanol–water partition coefficient (Wildman–Crippen LogP) is 0.943. The molecule has 9 heteroatoms. The van der Waals surface area contributed by atoms with E-state index in [1.807, 2.05) is 0 Å². The third-order valence-electron chi connectivity index (χ3n) is 3.78. The molecule has 1 aliphatic heterocycles. The van der Waals surface area contributed by atoms with Gasteiger partial charge in [0.2, 0.25) is 0 Å². The van der Waals surface area contributed by atoms with E-state index in [2.05, 4.69) is 10.2 Å². The second-order valence-electron chi connectivity index (χ2n) is 5.46. The van der Waals surface area contributed by atoms with Gasteiger partial charge in [0.25, 0.3) is 0 Å². The number of hydrogen-bond donors (Lipinski definition) is 3. The Balaban J connectivity index is 1.68. The van der Waals surface area contributed by atoms with Crippen molar-refractivity contribution in [3.8, 4) is 5.75 Å². The lowest BCUT2D eigenvalue weighted by Gasteiger charge is -2.32. The predicted molar refractivity (Wildman–Crippen MR) is 91.9 cm³/mol. The number of nitrogens with zero attached hydrogens (tertiary/aromatic N) is 1. The number of ether oxygens (including phenoxy) is 1. The summed E-state index contributed by atoms with van der Waals surface area (Å²) in [6.45, 7) is 2.77. The van der Waals surface area contributed by atoms with E-state index in [1.54, 1.807) is 23.6 Å². The van der Waals surface area contributed by atoms with Gasteiger partial charge in [-0.1, -0.05) is 23.2 Å². The van der Waals surface area contributed by atoms with Crippen molar-refractivity contribution in [2.45, 2.75) is 18.9 Å². The minimum absolute atomic E-state index is 0.121. The fraction of sp³-hybridized carbons (Fsp3) is 0.467. The Morgan fingerprint density at radius 3 is 2.54 bits per heavy atom. The number of rotatable bonds is 5. The fourth-order valence-corrected chi connectivity index (χ4v) is 2.75. The van der Waals surface area contributed by atoms with Gasteiger partial charge >= 0.3 is 11.8 Å². The molecular weight excluding hydrogens is 355 g/mol. The molecular formula is C15H20Cl2N4O3. The van der Waals surface area contributed by atoms with Gasteiger partial charge in [-0.3, -0.25) is 15.0 Å². The highest BCUT2D eigenvalue weighted by Crippen LogP contribution is 2.28. The van der Waals surface area contributed by atoms with Crippen LogP contribution in [-0.2, 0) is 9.59 Å². The number of hydrazine groups is 1. The van der Waals surface area contributed by atoms with Gasteiger partial charge in [0.15, 0.2) is 0 Å². The van der Waals surface area contributed by atoms with E-state index >= 15 is 0 Å². The zero-order chi connectivity index (χ0) is 17.5. The van der Waals surface area contributed by atoms with Crippen LogP contribution in [0.4, 0.5) is 0 Å². The second-order valence-corrected chi connectivity index (χ2v) is 6.28. The molecule has 0 aliphatic carbocycles. The van der Waals surface area contributed by atoms with Gasteiger partial charge in [0.05, 0.1) is 10.0 Å². The van der Waals surface area contributed by atoms with Crippen molar-refractivity contribution in [1.29, 1.82) is 0 Å². The van der Waals surface area contributed by atoms with Crippen molar-refractivity contribution in [2.24, 2.45) is 5.84 Å². The molecule has 0 radical (unpaired) electrons. The first-order valence-electron chi connectivity index (χ1n) is 7.62. The molecule has 132 valence electrons. The minimum atomic E-state index is -0.844. The van der Waals surface area contributed by atoms with Gasteiger partial charge in [0, 0.05) is 32.2 Å². The van der Waals surface area contributed by atoms with E-state index in [0.29, 0.717) is 28.9 Å². The summed E-state index contributed by atoms with van der Waals surface area (Å²) < 4.78 is 5.92. The highest BCUT2D eigenvalue weighted by atomic mass is 35.5. The van der Waals surface area contributed by atoms with Crippen molar-refractivity contribution >= 4 is 35.0 Å². The Morgan fingerprint density at radius 2 is 1.92 bits per heavy atom. The average Bonchev–Trinajstić information content (AvgIpc) is 2.59. The van der Waals surface area contributed by atoms with Crippen LogP contribution in [0.15, 0.2) is 18.2 Å². The van der Waals surface area contributed by atoms with E-state index in [4.69, 9.17) is 33.8 Å². The molecule has 1 aliphatic rings. The standard InChI is InChI=1S/C15H20Cl2N4O3/c16-12-2-1-11(9-13(12)17)24-10-3-6-21(7-4-10)8-5-19-14(22)15(23)20-18/h1-2,9-10H,3-8,18H2,(H,19,22)(H,20,23). The van der Waals surface area contributed by atoms with Crippen LogP contribution in [0.2, 0.25) is 10.0 Å². The maximum Gasteiger partial charge on any atom is 0.323 e. The molecule has 4 N–H and O–H groups in total. The number of hydrogen-bond acceptors (Lipinski definition) is 5. The van der Waals surface area contributed by atoms with Crippen molar-refractivity contribution in [1.82, 2.24) is 15.6 Å². The van der Waals surface area contributed by atoms with Gasteiger partial charge in [-0.05, 0) is 25.0 Å². The van der Waals surface area contributed by atoms with Gasteiger partial charge in [-0.25, -0.2) is 5.84 Å². The molecule has 1 saturated heterocycles. The normalized spacial score (nSPS) is 15.8. The number of halogens is 2. The monoisotopic (exact) mass is 374 g/mol. The highest BCUT2D eigenvalue weighted by molar-refractivity contribution is 6.42. The van der Waals surface area contributed by atoms with Crippen molar-refractivity contribution in [3.63, 3.8) is 0 Å². The first-order valence-corrected chi connectivity index (χ1v) is 8.38. The molecule has 1 fully saturated rings. The van der Waals surface area contributed by atoms with Crippen LogP contribution in [0, 0.1) is 0 Å². The lowest BCUT2D eigenvalue weighted by atomic mass is 10.1. The highest BCUT2D eigenvalue weighted by Gasteiger charge is 2.21. The first kappa shape index (κ1) is 18.8. The summed E-state index contributed by atoms with van der Waals surface area (Å²) in [5, 5.41) is 3.49. The van der Waals surface area contributed by atoms with E-state index < -0.39 is 11.8 Å². The number of carbonyl (C=O) groups is 2. The van der Waals surface area contributed by atoms with Crippen molar-refractivity contribution in [2.75, 3.05) is 26.2 Å². The number of likely N-dealkylation sites (tertiary alicyclic amines) is 1. The summed E-state index contributed by atoms with van der Waals surface area (Å²) in [5.74, 6) is 4.02. The number of nitrogens with two attached hydrogens (primary N) is 1. The van der Waals surface area contributed by atoms with E-state index in [9.17, 15) is 9.59 Å². The Labute approximate surface area is 150 Å². The summed E-state index contributed by atoms with van der Waals surface area (Å²) in [6, 6.07) is 5.24. The number of amides is 2. The average molecular weight is 375 g/mol. The largest absolute Gasteiger partial charge is 0.490 e. The van der Waals surface area contributed by atoms with Crippen LogP contribution in [0.3, 0.4) is 0 Å². The summed E-state index contributed by atoms with van der Waals surface area (Å²) in [4.78, 5) is 24.4. The Morgan fingerprint density at radius 1 is 1.21 bits per heavy atom. The van der Waals surface area contributed by atoms with Crippen LogP contribution in [-0.4, -0.2) is 49.0 Å². The number of piperidine rings is 1. The minimum Gasteiger partial charge on any atom is -0.490 e. The zero-order valence-electron chi connectivity index (χ0n) is 13.1. The van der Waals surface area contributed by atoms with Crippen molar-refractivity contribution < 1.29 is 14.3 Å². The molecule has 24 heavy (non-hydrogen) atoms. The van der Waals surface area contributed by atoms with Gasteiger partial charge in [-0.15, -0.1) is 0 Å². The van der Waals surface area contributed by atoms with E-state index in [-0.39, 0.29) is 6.10 Å². The van der Waals surface area contributed by atoms with Crippen molar-refractivity contribution in [3.05, 3.63) is 28.2 Å². The first-order chi connectivity index (χ1) is 11.5. The van der Waals surface area contributed by atoms with E-state index in [1.165, 1.54) is 0 Å². The maximum atomic E-state index is 11.3. The Bertz CT molecular complexity index is 592.